The third-order valence-corrected chi connectivity index (χ3v) is 5.25. The van der Waals surface area contributed by atoms with Crippen LogP contribution in [0.4, 0.5) is 14.6 Å². The Bertz CT molecular complexity index is 1060. The molecule has 0 bridgehead atoms. The van der Waals surface area contributed by atoms with Crippen LogP contribution in [0.5, 0.6) is 11.6 Å². The minimum atomic E-state index is -3.41. The maximum atomic E-state index is 14.0. The first-order chi connectivity index (χ1) is 14.0. The van der Waals surface area contributed by atoms with Gasteiger partial charge in [-0.25, -0.2) is 13.4 Å². The van der Waals surface area contributed by atoms with Crippen LogP contribution in [0.2, 0.25) is 0 Å². The molecule has 1 aliphatic rings. The highest BCUT2D eigenvalue weighted by atomic mass is 32.2. The van der Waals surface area contributed by atoms with Crippen LogP contribution in [-0.2, 0) is 27.6 Å². The molecule has 162 valence electrons. The van der Waals surface area contributed by atoms with Crippen molar-refractivity contribution in [3.63, 3.8) is 0 Å². The zero-order valence-electron chi connectivity index (χ0n) is 16.8. The van der Waals surface area contributed by atoms with Gasteiger partial charge >= 0.3 is 5.92 Å². The van der Waals surface area contributed by atoms with Gasteiger partial charge in [-0.05, 0) is 30.9 Å². The second kappa shape index (κ2) is 8.17. The van der Waals surface area contributed by atoms with E-state index in [1.165, 1.54) is 13.1 Å². The van der Waals surface area contributed by atoms with Gasteiger partial charge in [-0.15, -0.1) is 0 Å². The van der Waals surface area contributed by atoms with Gasteiger partial charge < -0.3 is 10.1 Å². The first-order valence-corrected chi connectivity index (χ1v) is 11.3. The quantitative estimate of drug-likeness (QED) is 0.675. The summed E-state index contributed by atoms with van der Waals surface area (Å²) in [7, 11) is -2.04. The molecule has 1 aromatic heterocycles. The number of sulfone groups is 1. The lowest BCUT2D eigenvalue weighted by Gasteiger charge is -2.13. The number of para-hydroxylation sites is 1. The molecule has 0 spiro atoms. The normalized spacial score (nSPS) is 15.9. The van der Waals surface area contributed by atoms with Gasteiger partial charge in [-0.1, -0.05) is 24.3 Å². The molecule has 0 saturated heterocycles. The number of rotatable bonds is 8. The van der Waals surface area contributed by atoms with E-state index >= 15 is 0 Å². The number of nitrogens with one attached hydrogen (secondary N) is 1. The van der Waals surface area contributed by atoms with Crippen molar-refractivity contribution < 1.29 is 26.7 Å². The smallest absolute Gasteiger partial charge is 0.302 e. The molecule has 1 amide bonds. The predicted molar refractivity (Wildman–Crippen MR) is 108 cm³/mol. The number of benzene rings is 1. The van der Waals surface area contributed by atoms with Crippen LogP contribution < -0.4 is 10.1 Å². The van der Waals surface area contributed by atoms with E-state index in [9.17, 15) is 22.0 Å². The zero-order chi connectivity index (χ0) is 22.1. The maximum Gasteiger partial charge on any atom is 0.302 e. The molecule has 1 fully saturated rings. The van der Waals surface area contributed by atoms with Crippen molar-refractivity contribution in [3.05, 3.63) is 47.6 Å². The maximum absolute atomic E-state index is 14.0. The van der Waals surface area contributed by atoms with Gasteiger partial charge in [0.1, 0.15) is 5.75 Å². The fraction of sp³-hybridized carbons (Fsp3) is 0.400. The molecular weight excluding hydrogens is 416 g/mol. The highest BCUT2D eigenvalue weighted by Gasteiger charge is 2.37. The lowest BCUT2D eigenvalue weighted by molar-refractivity contribution is -0.119. The summed E-state index contributed by atoms with van der Waals surface area (Å²) in [6, 6.07) is 8.50. The Hall–Kier alpha value is -2.75. The van der Waals surface area contributed by atoms with Gasteiger partial charge in [-0.3, -0.25) is 9.36 Å². The van der Waals surface area contributed by atoms with Gasteiger partial charge in [-0.2, -0.15) is 8.78 Å². The topological polar surface area (TPSA) is 90.3 Å². The highest BCUT2D eigenvalue weighted by molar-refractivity contribution is 7.93. The van der Waals surface area contributed by atoms with Crippen molar-refractivity contribution in [3.8, 4) is 11.6 Å². The number of aromatic nitrogens is 2. The molecule has 2 aromatic rings. The van der Waals surface area contributed by atoms with Gasteiger partial charge in [0.2, 0.25) is 11.8 Å². The number of hydrogen-bond acceptors (Lipinski definition) is 5. The summed E-state index contributed by atoms with van der Waals surface area (Å²) in [5.74, 6) is -4.89. The summed E-state index contributed by atoms with van der Waals surface area (Å²) in [4.78, 5) is 16.7. The minimum absolute atomic E-state index is 0.00251. The first-order valence-electron chi connectivity index (χ1n) is 9.33. The molecular formula is C20H23F2N3O4S. The number of imidazole rings is 1. The average Bonchev–Trinajstić information content (AvgIpc) is 3.42. The molecule has 7 nitrogen and oxygen atoms in total. The van der Waals surface area contributed by atoms with Crippen molar-refractivity contribution >= 4 is 21.6 Å². The van der Waals surface area contributed by atoms with Crippen LogP contribution in [0.15, 0.2) is 41.8 Å². The number of hydrogen-bond donors (Lipinski definition) is 1. The summed E-state index contributed by atoms with van der Waals surface area (Å²) in [5, 5.41) is 3.53. The molecule has 1 heterocycles. The number of ether oxygens (including phenoxy) is 1. The molecule has 1 N–H and O–H groups in total. The van der Waals surface area contributed by atoms with Gasteiger partial charge in [0, 0.05) is 25.6 Å². The summed E-state index contributed by atoms with van der Waals surface area (Å²) in [6.45, 7) is 0.703. The Kier molecular flexibility index (Phi) is 5.98. The van der Waals surface area contributed by atoms with Crippen molar-refractivity contribution in [2.24, 2.45) is 18.9 Å². The van der Waals surface area contributed by atoms with Crippen molar-refractivity contribution in [1.82, 2.24) is 9.55 Å². The first kappa shape index (κ1) is 21.9. The molecule has 3 rings (SSSR count). The SMILES string of the molecule is Cn1c(C(C)(F)F)nc(NC(=O)[C@H](/C=C/S(C)(=O)=O)C2CC2)c1Oc1ccccc1. The van der Waals surface area contributed by atoms with Crippen LogP contribution in [0.3, 0.4) is 0 Å². The van der Waals surface area contributed by atoms with Crippen LogP contribution in [0.1, 0.15) is 25.6 Å². The number of halogens is 2. The average molecular weight is 439 g/mol. The summed E-state index contributed by atoms with van der Waals surface area (Å²) < 4.78 is 57.7. The number of alkyl halides is 2. The van der Waals surface area contributed by atoms with Crippen LogP contribution in [0, 0.1) is 11.8 Å². The van der Waals surface area contributed by atoms with E-state index in [4.69, 9.17) is 4.74 Å². The number of carbonyl (C=O) groups excluding carboxylic acids is 1. The minimum Gasteiger partial charge on any atom is -0.437 e. The van der Waals surface area contributed by atoms with E-state index in [1.54, 1.807) is 30.3 Å². The lowest BCUT2D eigenvalue weighted by Crippen LogP contribution is -2.23. The van der Waals surface area contributed by atoms with E-state index in [-0.39, 0.29) is 17.6 Å². The van der Waals surface area contributed by atoms with Crippen LogP contribution >= 0.6 is 0 Å². The van der Waals surface area contributed by atoms with Gasteiger partial charge in [0.05, 0.1) is 5.92 Å². The summed E-state index contributed by atoms with van der Waals surface area (Å²) in [6.07, 6.45) is 3.92. The third kappa shape index (κ3) is 5.44. The van der Waals surface area contributed by atoms with Crippen molar-refractivity contribution in [2.45, 2.75) is 25.7 Å². The molecule has 0 aliphatic heterocycles. The zero-order valence-corrected chi connectivity index (χ0v) is 17.6. The monoisotopic (exact) mass is 439 g/mol. The highest BCUT2D eigenvalue weighted by Crippen LogP contribution is 2.40. The number of carbonyl (C=O) groups is 1. The fourth-order valence-electron chi connectivity index (χ4n) is 3.02. The van der Waals surface area contributed by atoms with E-state index in [0.29, 0.717) is 12.7 Å². The summed E-state index contributed by atoms with van der Waals surface area (Å²) >= 11 is 0. The molecule has 1 aliphatic carbocycles. The molecule has 0 radical (unpaired) electrons. The Labute approximate surface area is 173 Å². The third-order valence-electron chi connectivity index (χ3n) is 4.60. The molecule has 30 heavy (non-hydrogen) atoms. The fourth-order valence-corrected chi connectivity index (χ4v) is 3.47. The van der Waals surface area contributed by atoms with Crippen molar-refractivity contribution in [2.75, 3.05) is 11.6 Å². The number of amides is 1. The number of anilines is 1. The summed E-state index contributed by atoms with van der Waals surface area (Å²) in [5.41, 5.74) is 0. The lowest BCUT2D eigenvalue weighted by atomic mass is 10.0. The van der Waals surface area contributed by atoms with E-state index in [2.05, 4.69) is 10.3 Å². The van der Waals surface area contributed by atoms with Crippen LogP contribution in [0.25, 0.3) is 0 Å². The van der Waals surface area contributed by atoms with Crippen molar-refractivity contribution in [1.29, 1.82) is 0 Å². The Morgan fingerprint density at radius 3 is 2.50 bits per heavy atom. The number of nitrogens with zero attached hydrogens (tertiary/aromatic N) is 2. The molecule has 1 saturated carbocycles. The van der Waals surface area contributed by atoms with Gasteiger partial charge in [0.15, 0.2) is 21.5 Å². The van der Waals surface area contributed by atoms with E-state index < -0.39 is 33.4 Å². The van der Waals surface area contributed by atoms with Crippen LogP contribution in [-0.4, -0.2) is 30.1 Å². The van der Waals surface area contributed by atoms with E-state index in [0.717, 1.165) is 29.1 Å². The Morgan fingerprint density at radius 1 is 1.33 bits per heavy atom. The molecule has 1 aromatic carbocycles. The van der Waals surface area contributed by atoms with E-state index in [1.807, 2.05) is 0 Å². The molecule has 0 unspecified atom stereocenters. The Balaban J connectivity index is 1.93. The second-order valence-corrected chi connectivity index (χ2v) is 9.39. The standard InChI is InChI=1S/C20H23F2N3O4S/c1-20(21,22)19-24-16(18(25(19)2)29-14-7-5-4-6-8-14)23-17(26)15(13-9-10-13)11-12-30(3,27)28/h4-8,11-13,15H,9-10H2,1-3H3,(H,23,26)/b12-11+/t15-/m1/s1. The molecule has 10 heteroatoms. The predicted octanol–water partition coefficient (Wildman–Crippen LogP) is 3.85. The molecule has 1 atom stereocenters. The van der Waals surface area contributed by atoms with Gasteiger partial charge in [0.25, 0.3) is 0 Å². The Morgan fingerprint density at radius 2 is 1.97 bits per heavy atom. The second-order valence-electron chi connectivity index (χ2n) is 7.46. The largest absolute Gasteiger partial charge is 0.437 e.